The van der Waals surface area contributed by atoms with Crippen LogP contribution in [0.5, 0.6) is 0 Å². The van der Waals surface area contributed by atoms with Crippen LogP contribution in [0.25, 0.3) is 11.1 Å². The smallest absolute Gasteiger partial charge is 0.151 e. The Hall–Kier alpha value is -2.62. The van der Waals surface area contributed by atoms with E-state index in [4.69, 9.17) is 0 Å². The molecule has 128 valence electrons. The Balaban J connectivity index is 1.99. The van der Waals surface area contributed by atoms with E-state index in [9.17, 15) is 9.59 Å². The minimum absolute atomic E-state index is 0.0262. The van der Waals surface area contributed by atoms with Gasteiger partial charge in [0.15, 0.2) is 5.78 Å². The van der Waals surface area contributed by atoms with E-state index in [-0.39, 0.29) is 17.5 Å². The van der Waals surface area contributed by atoms with Crippen molar-refractivity contribution in [3.8, 4) is 11.1 Å². The van der Waals surface area contributed by atoms with E-state index < -0.39 is 5.92 Å². The number of ketones is 2. The summed E-state index contributed by atoms with van der Waals surface area (Å²) >= 11 is 0. The number of rotatable bonds is 4. The average Bonchev–Trinajstić information content (AvgIpc) is 2.82. The minimum Gasteiger partial charge on any atom is -0.298 e. The Labute approximate surface area is 148 Å². The van der Waals surface area contributed by atoms with E-state index in [1.165, 1.54) is 6.33 Å². The molecule has 25 heavy (non-hydrogen) atoms. The van der Waals surface area contributed by atoms with Crippen LogP contribution in [0.1, 0.15) is 42.4 Å². The molecule has 1 heterocycles. The van der Waals surface area contributed by atoms with Crippen molar-refractivity contribution in [1.82, 2.24) is 9.97 Å². The zero-order valence-electron chi connectivity index (χ0n) is 14.9. The van der Waals surface area contributed by atoms with Crippen molar-refractivity contribution in [3.05, 3.63) is 59.7 Å². The maximum absolute atomic E-state index is 12.8. The molecule has 3 rings (SSSR count). The molecule has 1 aliphatic carbocycles. The highest BCUT2D eigenvalue weighted by Gasteiger charge is 2.42. The first-order chi connectivity index (χ1) is 11.9. The first kappa shape index (κ1) is 17.2. The van der Waals surface area contributed by atoms with Crippen LogP contribution in [-0.2, 0) is 9.59 Å². The van der Waals surface area contributed by atoms with E-state index in [0.717, 1.165) is 33.4 Å². The van der Waals surface area contributed by atoms with Gasteiger partial charge in [0.05, 0.1) is 0 Å². The Bertz CT molecular complexity index is 832. The van der Waals surface area contributed by atoms with E-state index in [1.807, 2.05) is 32.9 Å². The van der Waals surface area contributed by atoms with Crippen LogP contribution in [0.15, 0.2) is 43.0 Å². The van der Waals surface area contributed by atoms with Gasteiger partial charge in [0.2, 0.25) is 0 Å². The lowest BCUT2D eigenvalue weighted by Gasteiger charge is -2.17. The summed E-state index contributed by atoms with van der Waals surface area (Å²) in [5.74, 6) is -0.797. The molecule has 0 bridgehead atoms. The summed E-state index contributed by atoms with van der Waals surface area (Å²) in [6.07, 6.45) is 5.93. The van der Waals surface area contributed by atoms with Crippen LogP contribution in [0.3, 0.4) is 0 Å². The predicted molar refractivity (Wildman–Crippen MR) is 97.2 cm³/mol. The third-order valence-electron chi connectivity index (χ3n) is 4.83. The van der Waals surface area contributed by atoms with Crippen LogP contribution in [0, 0.1) is 19.8 Å². The first-order valence-electron chi connectivity index (χ1n) is 8.45. The van der Waals surface area contributed by atoms with Gasteiger partial charge in [0.1, 0.15) is 18.0 Å². The number of Topliss-reactive ketones (excluding diaryl/α,β-unsaturated/α-hetero) is 2. The highest BCUT2D eigenvalue weighted by atomic mass is 16.2. The van der Waals surface area contributed by atoms with E-state index in [1.54, 1.807) is 12.4 Å². The van der Waals surface area contributed by atoms with Gasteiger partial charge in [-0.3, -0.25) is 9.59 Å². The maximum Gasteiger partial charge on any atom is 0.151 e. The van der Waals surface area contributed by atoms with Crippen molar-refractivity contribution < 1.29 is 9.59 Å². The zero-order valence-corrected chi connectivity index (χ0v) is 14.9. The second-order valence-electron chi connectivity index (χ2n) is 7.01. The van der Waals surface area contributed by atoms with Crippen molar-refractivity contribution in [3.63, 3.8) is 0 Å². The van der Waals surface area contributed by atoms with Crippen LogP contribution >= 0.6 is 0 Å². The number of carbonyl (C=O) groups excluding carboxylic acids is 2. The van der Waals surface area contributed by atoms with Crippen molar-refractivity contribution in [1.29, 1.82) is 0 Å². The molecule has 1 aliphatic rings. The molecule has 2 aromatic rings. The molecule has 1 aromatic carbocycles. The lowest BCUT2D eigenvalue weighted by molar-refractivity contribution is -0.124. The Morgan fingerprint density at radius 2 is 1.72 bits per heavy atom. The predicted octanol–water partition coefficient (Wildman–Crippen LogP) is 3.97. The van der Waals surface area contributed by atoms with Gasteiger partial charge in [-0.15, -0.1) is 6.58 Å². The molecule has 0 aliphatic heterocycles. The van der Waals surface area contributed by atoms with Gasteiger partial charge in [0, 0.05) is 30.3 Å². The van der Waals surface area contributed by atoms with Gasteiger partial charge in [-0.1, -0.05) is 17.7 Å². The summed E-state index contributed by atoms with van der Waals surface area (Å²) in [6.45, 7) is 9.70. The SMILES string of the molecule is C=C(C)CC1CC(=O)C(c2c(C)cc(-c3cncnc3)cc2C)C1=O. The second kappa shape index (κ2) is 6.71. The highest BCUT2D eigenvalue weighted by Crippen LogP contribution is 2.39. The number of allylic oxidation sites excluding steroid dienone is 1. The Morgan fingerprint density at radius 3 is 2.28 bits per heavy atom. The van der Waals surface area contributed by atoms with Crippen LogP contribution in [-0.4, -0.2) is 21.5 Å². The van der Waals surface area contributed by atoms with E-state index >= 15 is 0 Å². The molecule has 0 spiro atoms. The summed E-state index contributed by atoms with van der Waals surface area (Å²) in [5.41, 5.74) is 5.64. The minimum atomic E-state index is -0.634. The first-order valence-corrected chi connectivity index (χ1v) is 8.45. The van der Waals surface area contributed by atoms with E-state index in [2.05, 4.69) is 16.5 Å². The molecular weight excluding hydrogens is 312 g/mol. The third-order valence-corrected chi connectivity index (χ3v) is 4.83. The van der Waals surface area contributed by atoms with Gasteiger partial charge in [-0.2, -0.15) is 0 Å². The van der Waals surface area contributed by atoms with Gasteiger partial charge < -0.3 is 0 Å². The summed E-state index contributed by atoms with van der Waals surface area (Å²) < 4.78 is 0. The number of nitrogens with zero attached hydrogens (tertiary/aromatic N) is 2. The summed E-state index contributed by atoms with van der Waals surface area (Å²) in [5, 5.41) is 0. The number of benzene rings is 1. The Morgan fingerprint density at radius 1 is 1.12 bits per heavy atom. The molecule has 0 N–H and O–H groups in total. The lowest BCUT2D eigenvalue weighted by Crippen LogP contribution is -2.18. The molecule has 0 amide bonds. The zero-order chi connectivity index (χ0) is 18.1. The molecule has 2 atom stereocenters. The van der Waals surface area contributed by atoms with Gasteiger partial charge in [0.25, 0.3) is 0 Å². The molecule has 4 nitrogen and oxygen atoms in total. The van der Waals surface area contributed by atoms with Crippen molar-refractivity contribution >= 4 is 11.6 Å². The average molecular weight is 334 g/mol. The molecule has 2 unspecified atom stereocenters. The normalized spacial score (nSPS) is 20.1. The molecule has 4 heteroatoms. The van der Waals surface area contributed by atoms with Crippen LogP contribution < -0.4 is 0 Å². The van der Waals surface area contributed by atoms with Crippen LogP contribution in [0.2, 0.25) is 0 Å². The summed E-state index contributed by atoms with van der Waals surface area (Å²) in [7, 11) is 0. The summed E-state index contributed by atoms with van der Waals surface area (Å²) in [4.78, 5) is 33.5. The third kappa shape index (κ3) is 3.29. The van der Waals surface area contributed by atoms with Gasteiger partial charge in [-0.25, -0.2) is 9.97 Å². The molecule has 1 aromatic heterocycles. The molecule has 0 saturated heterocycles. The Kier molecular flexibility index (Phi) is 4.62. The van der Waals surface area contributed by atoms with Crippen molar-refractivity contribution in [2.45, 2.75) is 39.5 Å². The number of aryl methyl sites for hydroxylation is 2. The standard InChI is InChI=1S/C21H22N2O2/c1-12(2)5-16-8-18(24)20(21(16)25)19-13(3)6-15(7-14(19)4)17-9-22-11-23-10-17/h6-7,9-11,16,20H,1,5,8H2,2-4H3. The van der Waals surface area contributed by atoms with Crippen LogP contribution in [0.4, 0.5) is 0 Å². The molecular formula is C21H22N2O2. The topological polar surface area (TPSA) is 59.9 Å². The van der Waals surface area contributed by atoms with E-state index in [0.29, 0.717) is 12.8 Å². The lowest BCUT2D eigenvalue weighted by atomic mass is 9.85. The summed E-state index contributed by atoms with van der Waals surface area (Å²) in [6, 6.07) is 4.02. The van der Waals surface area contributed by atoms with Gasteiger partial charge in [-0.05, 0) is 49.4 Å². The molecule has 1 fully saturated rings. The quantitative estimate of drug-likeness (QED) is 0.627. The van der Waals surface area contributed by atoms with Gasteiger partial charge >= 0.3 is 0 Å². The number of carbonyl (C=O) groups is 2. The number of aromatic nitrogens is 2. The monoisotopic (exact) mass is 334 g/mol. The van der Waals surface area contributed by atoms with Crippen molar-refractivity contribution in [2.24, 2.45) is 5.92 Å². The number of hydrogen-bond donors (Lipinski definition) is 0. The molecule has 1 saturated carbocycles. The van der Waals surface area contributed by atoms with Crippen molar-refractivity contribution in [2.75, 3.05) is 0 Å². The highest BCUT2D eigenvalue weighted by molar-refractivity contribution is 6.15. The fourth-order valence-electron chi connectivity index (χ4n) is 3.80. The largest absolute Gasteiger partial charge is 0.298 e. The number of hydrogen-bond acceptors (Lipinski definition) is 4. The fourth-order valence-corrected chi connectivity index (χ4v) is 3.80. The maximum atomic E-state index is 12.8. The fraction of sp³-hybridized carbons (Fsp3) is 0.333. The second-order valence-corrected chi connectivity index (χ2v) is 7.01. The molecule has 0 radical (unpaired) electrons.